The van der Waals surface area contributed by atoms with Gasteiger partial charge in [0.2, 0.25) is 0 Å². The number of carbonyl (C=O) groups excluding carboxylic acids is 2. The molecule has 0 spiro atoms. The number of rotatable bonds is 8. The van der Waals surface area contributed by atoms with Crippen LogP contribution in [0.1, 0.15) is 16.1 Å². The number of fused-ring (bicyclic) bond motifs is 1. The van der Waals surface area contributed by atoms with E-state index in [0.29, 0.717) is 32.9 Å². The molecule has 2 amide bonds. The van der Waals surface area contributed by atoms with E-state index in [1.165, 1.54) is 20.4 Å². The topological polar surface area (TPSA) is 125 Å². The highest BCUT2D eigenvalue weighted by atomic mass is 79.9. The summed E-state index contributed by atoms with van der Waals surface area (Å²) in [6.07, 6.45) is 1.42. The molecule has 3 rings (SSSR count). The van der Waals surface area contributed by atoms with Gasteiger partial charge >= 0.3 is 5.91 Å². The van der Waals surface area contributed by atoms with Gasteiger partial charge in [-0.1, -0.05) is 12.1 Å². The van der Waals surface area contributed by atoms with E-state index in [9.17, 15) is 9.59 Å². The molecule has 0 bridgehead atoms. The number of methoxy groups -OCH3 is 2. The SMILES string of the molecule is COc1cc(/C=N\NC(=O)c2cc3cccc(OC)c3o2)cc(Br)c1OCC(N)=O. The fourth-order valence-electron chi connectivity index (χ4n) is 2.63. The molecule has 0 aliphatic carbocycles. The van der Waals surface area contributed by atoms with Crippen molar-refractivity contribution < 1.29 is 28.2 Å². The molecule has 0 atom stereocenters. The van der Waals surface area contributed by atoms with E-state index in [2.05, 4.69) is 26.5 Å². The number of primary amides is 1. The molecule has 0 fully saturated rings. The number of nitrogens with zero attached hydrogens (tertiary/aromatic N) is 1. The molecule has 156 valence electrons. The van der Waals surface area contributed by atoms with Crippen molar-refractivity contribution in [2.45, 2.75) is 0 Å². The number of ether oxygens (including phenoxy) is 3. The zero-order valence-corrected chi connectivity index (χ0v) is 17.7. The Morgan fingerprint density at radius 1 is 1.20 bits per heavy atom. The molecule has 10 heteroatoms. The number of amides is 2. The monoisotopic (exact) mass is 475 g/mol. The highest BCUT2D eigenvalue weighted by Gasteiger charge is 2.15. The summed E-state index contributed by atoms with van der Waals surface area (Å²) in [5.41, 5.74) is 8.59. The Hall–Kier alpha value is -3.53. The Morgan fingerprint density at radius 3 is 2.67 bits per heavy atom. The highest BCUT2D eigenvalue weighted by molar-refractivity contribution is 9.10. The first kappa shape index (κ1) is 21.2. The summed E-state index contributed by atoms with van der Waals surface area (Å²) in [6.45, 7) is -0.291. The molecule has 9 nitrogen and oxygen atoms in total. The van der Waals surface area contributed by atoms with Crippen LogP contribution in [0.4, 0.5) is 0 Å². The lowest BCUT2D eigenvalue weighted by Crippen LogP contribution is -2.20. The van der Waals surface area contributed by atoms with Gasteiger partial charge in [-0.2, -0.15) is 5.10 Å². The molecule has 0 unspecified atom stereocenters. The maximum atomic E-state index is 12.3. The lowest BCUT2D eigenvalue weighted by molar-refractivity contribution is -0.119. The quantitative estimate of drug-likeness (QED) is 0.381. The standard InChI is InChI=1S/C20H18BrN3O6/c1-27-14-5-3-4-12-8-16(30-18(12)14)20(26)24-23-9-11-6-13(21)19(15(7-11)28-2)29-10-17(22)25/h3-9H,10H2,1-2H3,(H2,22,25)(H,24,26)/b23-9-. The third kappa shape index (κ3) is 4.71. The Bertz CT molecular complexity index is 1130. The van der Waals surface area contributed by atoms with Crippen molar-refractivity contribution in [1.82, 2.24) is 5.43 Å². The largest absolute Gasteiger partial charge is 0.493 e. The predicted octanol–water partition coefficient (Wildman–Crippen LogP) is 2.84. The van der Waals surface area contributed by atoms with Crippen LogP contribution in [0.3, 0.4) is 0 Å². The van der Waals surface area contributed by atoms with Gasteiger partial charge in [-0.15, -0.1) is 0 Å². The first-order valence-corrected chi connectivity index (χ1v) is 9.40. The van der Waals surface area contributed by atoms with Gasteiger partial charge in [-0.3, -0.25) is 9.59 Å². The van der Waals surface area contributed by atoms with E-state index >= 15 is 0 Å². The fraction of sp³-hybridized carbons (Fsp3) is 0.150. The Kier molecular flexibility index (Phi) is 6.58. The first-order chi connectivity index (χ1) is 14.4. The number of hydrazone groups is 1. The minimum absolute atomic E-state index is 0.0978. The lowest BCUT2D eigenvalue weighted by atomic mass is 10.2. The maximum Gasteiger partial charge on any atom is 0.307 e. The molecule has 2 aromatic carbocycles. The van der Waals surface area contributed by atoms with Gasteiger partial charge in [0.15, 0.2) is 35.2 Å². The minimum atomic E-state index is -0.611. The predicted molar refractivity (Wildman–Crippen MR) is 113 cm³/mol. The summed E-state index contributed by atoms with van der Waals surface area (Å²) in [4.78, 5) is 23.3. The molecule has 3 aromatic rings. The van der Waals surface area contributed by atoms with E-state index in [0.717, 1.165) is 5.39 Å². The van der Waals surface area contributed by atoms with Gasteiger partial charge in [-0.05, 0) is 45.8 Å². The third-order valence-electron chi connectivity index (χ3n) is 3.94. The summed E-state index contributed by atoms with van der Waals surface area (Å²) in [5, 5.41) is 4.68. The molecule has 0 aliphatic heterocycles. The Morgan fingerprint density at radius 2 is 1.97 bits per heavy atom. The number of para-hydroxylation sites is 1. The maximum absolute atomic E-state index is 12.3. The van der Waals surface area contributed by atoms with Crippen molar-refractivity contribution in [3.8, 4) is 17.2 Å². The van der Waals surface area contributed by atoms with Gasteiger partial charge in [-0.25, -0.2) is 5.43 Å². The first-order valence-electron chi connectivity index (χ1n) is 8.61. The van der Waals surface area contributed by atoms with E-state index in [4.69, 9.17) is 24.4 Å². The van der Waals surface area contributed by atoms with Crippen LogP contribution in [-0.2, 0) is 4.79 Å². The molecular weight excluding hydrogens is 458 g/mol. The number of nitrogens with one attached hydrogen (secondary N) is 1. The van der Waals surface area contributed by atoms with Crippen LogP contribution >= 0.6 is 15.9 Å². The van der Waals surface area contributed by atoms with Gasteiger partial charge in [0.25, 0.3) is 5.91 Å². The second-order valence-corrected chi connectivity index (χ2v) is 6.83. The average molecular weight is 476 g/mol. The molecule has 30 heavy (non-hydrogen) atoms. The van der Waals surface area contributed by atoms with E-state index in [1.807, 2.05) is 6.07 Å². The molecule has 0 saturated carbocycles. The van der Waals surface area contributed by atoms with Crippen LogP contribution in [0.15, 0.2) is 50.4 Å². The minimum Gasteiger partial charge on any atom is -0.493 e. The molecule has 0 radical (unpaired) electrons. The molecule has 0 saturated heterocycles. The van der Waals surface area contributed by atoms with Gasteiger partial charge in [0.05, 0.1) is 24.9 Å². The zero-order valence-electron chi connectivity index (χ0n) is 16.1. The van der Waals surface area contributed by atoms with Crippen molar-refractivity contribution in [2.24, 2.45) is 10.8 Å². The van der Waals surface area contributed by atoms with Crippen LogP contribution in [0.5, 0.6) is 17.2 Å². The summed E-state index contributed by atoms with van der Waals surface area (Å²) < 4.78 is 21.9. The zero-order chi connectivity index (χ0) is 21.7. The number of carbonyl (C=O) groups is 2. The van der Waals surface area contributed by atoms with Crippen LogP contribution in [0, 0.1) is 0 Å². The van der Waals surface area contributed by atoms with E-state index < -0.39 is 11.8 Å². The van der Waals surface area contributed by atoms with Crippen molar-refractivity contribution in [1.29, 1.82) is 0 Å². The van der Waals surface area contributed by atoms with Gasteiger partial charge in [0, 0.05) is 5.39 Å². The second-order valence-electron chi connectivity index (χ2n) is 5.98. The summed E-state index contributed by atoms with van der Waals surface area (Å²) in [5.74, 6) is 0.195. The molecule has 1 heterocycles. The van der Waals surface area contributed by atoms with Crippen LogP contribution in [0.2, 0.25) is 0 Å². The second kappa shape index (κ2) is 9.31. The Balaban J connectivity index is 1.74. The van der Waals surface area contributed by atoms with Crippen molar-refractivity contribution in [3.63, 3.8) is 0 Å². The highest BCUT2D eigenvalue weighted by Crippen LogP contribution is 2.36. The summed E-state index contributed by atoms with van der Waals surface area (Å²) in [6, 6.07) is 10.3. The molecule has 1 aromatic heterocycles. The lowest BCUT2D eigenvalue weighted by Gasteiger charge is -2.12. The van der Waals surface area contributed by atoms with Gasteiger partial charge < -0.3 is 24.4 Å². The fourth-order valence-corrected chi connectivity index (χ4v) is 3.20. The van der Waals surface area contributed by atoms with Crippen molar-refractivity contribution in [3.05, 3.63) is 52.2 Å². The number of furan rings is 1. The number of hydrogen-bond acceptors (Lipinski definition) is 7. The smallest absolute Gasteiger partial charge is 0.307 e. The van der Waals surface area contributed by atoms with Crippen LogP contribution < -0.4 is 25.4 Å². The number of halogens is 1. The van der Waals surface area contributed by atoms with Crippen LogP contribution in [-0.4, -0.2) is 38.9 Å². The van der Waals surface area contributed by atoms with E-state index in [1.54, 1.807) is 30.3 Å². The third-order valence-corrected chi connectivity index (χ3v) is 4.53. The summed E-state index contributed by atoms with van der Waals surface area (Å²) >= 11 is 3.35. The molecular formula is C20H18BrN3O6. The normalized spacial score (nSPS) is 10.9. The number of hydrogen-bond donors (Lipinski definition) is 2. The van der Waals surface area contributed by atoms with Crippen LogP contribution in [0.25, 0.3) is 11.0 Å². The molecule has 3 N–H and O–H groups in total. The van der Waals surface area contributed by atoms with Crippen molar-refractivity contribution >= 4 is 44.9 Å². The number of benzene rings is 2. The van der Waals surface area contributed by atoms with Crippen molar-refractivity contribution in [2.75, 3.05) is 20.8 Å². The Labute approximate surface area is 179 Å². The van der Waals surface area contributed by atoms with E-state index in [-0.39, 0.29) is 12.4 Å². The van der Waals surface area contributed by atoms with Gasteiger partial charge in [0.1, 0.15) is 0 Å². The summed E-state index contributed by atoms with van der Waals surface area (Å²) in [7, 11) is 2.98. The molecule has 0 aliphatic rings. The number of nitrogens with two attached hydrogens (primary N) is 1. The average Bonchev–Trinajstić information content (AvgIpc) is 3.17.